The number of carbonyl (C=O) groups excluding carboxylic acids is 1. The standard InChI is InChI=1S/2C12H14O3/c1-4-5-10-6-7-11(15-9(2)13)12(8-10)14-3;1-3-4-9-5-6-10(8-12(13)14)11(7-9)15-2/h4-8H,1-3H3;3-7H,8H2,1-2H3,(H,13,14)/b5-4+;. The van der Waals surface area contributed by atoms with E-state index in [1.165, 1.54) is 6.92 Å². The number of allylic oxidation sites excluding steroid dienone is 2. The second-order valence-corrected chi connectivity index (χ2v) is 6.15. The smallest absolute Gasteiger partial charge is 0.308 e. The third kappa shape index (κ3) is 8.22. The maximum Gasteiger partial charge on any atom is 0.308 e. The topological polar surface area (TPSA) is 82.1 Å². The molecule has 0 aliphatic heterocycles. The van der Waals surface area contributed by atoms with Gasteiger partial charge in [0.2, 0.25) is 0 Å². The number of carboxylic acid groups (broad SMARTS) is 1. The monoisotopic (exact) mass is 412 g/mol. The van der Waals surface area contributed by atoms with Crippen LogP contribution in [-0.2, 0) is 16.0 Å². The summed E-state index contributed by atoms with van der Waals surface area (Å²) in [4.78, 5) is 21.4. The number of carbonyl (C=O) groups is 2. The van der Waals surface area contributed by atoms with Gasteiger partial charge in [0.25, 0.3) is 0 Å². The van der Waals surface area contributed by atoms with Crippen LogP contribution in [0.15, 0.2) is 48.6 Å². The fourth-order valence-corrected chi connectivity index (χ4v) is 2.59. The Hall–Kier alpha value is -3.54. The largest absolute Gasteiger partial charge is 0.496 e. The van der Waals surface area contributed by atoms with Gasteiger partial charge < -0.3 is 19.3 Å². The van der Waals surface area contributed by atoms with Gasteiger partial charge in [-0.1, -0.05) is 42.5 Å². The van der Waals surface area contributed by atoms with E-state index in [-0.39, 0.29) is 12.4 Å². The highest BCUT2D eigenvalue weighted by Crippen LogP contribution is 2.28. The lowest BCUT2D eigenvalue weighted by Crippen LogP contribution is -2.02. The van der Waals surface area contributed by atoms with Crippen LogP contribution in [0, 0.1) is 0 Å². The molecule has 0 saturated heterocycles. The maximum atomic E-state index is 10.8. The van der Waals surface area contributed by atoms with Gasteiger partial charge in [-0.15, -0.1) is 0 Å². The van der Waals surface area contributed by atoms with E-state index < -0.39 is 5.97 Å². The zero-order valence-electron chi connectivity index (χ0n) is 18.0. The first-order valence-corrected chi connectivity index (χ1v) is 9.35. The summed E-state index contributed by atoms with van der Waals surface area (Å²) in [5.41, 5.74) is 2.70. The summed E-state index contributed by atoms with van der Waals surface area (Å²) in [6.07, 6.45) is 7.72. The van der Waals surface area contributed by atoms with Gasteiger partial charge in [0.15, 0.2) is 11.5 Å². The zero-order chi connectivity index (χ0) is 22.5. The highest BCUT2D eigenvalue weighted by molar-refractivity contribution is 5.72. The first kappa shape index (κ1) is 24.5. The molecule has 2 aromatic rings. The van der Waals surface area contributed by atoms with E-state index in [1.807, 2.05) is 62.4 Å². The Bertz CT molecular complexity index is 836. The van der Waals surface area contributed by atoms with Gasteiger partial charge in [0.1, 0.15) is 5.75 Å². The summed E-state index contributed by atoms with van der Waals surface area (Å²) < 4.78 is 15.2. The minimum atomic E-state index is -0.855. The predicted octanol–water partition coefficient (Wildman–Crippen LogP) is 5.01. The lowest BCUT2D eigenvalue weighted by atomic mass is 10.1. The SMILES string of the molecule is C/C=C/c1ccc(OC(C)=O)c(OC)c1.CC=Cc1ccc(CC(=O)O)c(OC)c1. The van der Waals surface area contributed by atoms with Gasteiger partial charge >= 0.3 is 11.9 Å². The number of hydrogen-bond acceptors (Lipinski definition) is 5. The van der Waals surface area contributed by atoms with Crippen molar-refractivity contribution in [2.24, 2.45) is 0 Å². The fraction of sp³-hybridized carbons (Fsp3) is 0.250. The highest BCUT2D eigenvalue weighted by Gasteiger charge is 2.08. The number of ether oxygens (including phenoxy) is 3. The molecule has 6 nitrogen and oxygen atoms in total. The molecule has 0 aliphatic carbocycles. The fourth-order valence-electron chi connectivity index (χ4n) is 2.59. The third-order valence-corrected chi connectivity index (χ3v) is 3.81. The molecule has 0 amide bonds. The summed E-state index contributed by atoms with van der Waals surface area (Å²) in [5, 5.41) is 8.69. The van der Waals surface area contributed by atoms with Gasteiger partial charge in [0.05, 0.1) is 20.6 Å². The Morgan fingerprint density at radius 1 is 0.867 bits per heavy atom. The number of carboxylic acids is 1. The van der Waals surface area contributed by atoms with Gasteiger partial charge in [-0.3, -0.25) is 9.59 Å². The van der Waals surface area contributed by atoms with Crippen LogP contribution < -0.4 is 14.2 Å². The summed E-state index contributed by atoms with van der Waals surface area (Å²) in [5.74, 6) is 0.409. The number of benzene rings is 2. The van der Waals surface area contributed by atoms with Gasteiger partial charge in [-0.2, -0.15) is 0 Å². The van der Waals surface area contributed by atoms with Crippen LogP contribution in [0.2, 0.25) is 0 Å². The van der Waals surface area contributed by atoms with E-state index in [1.54, 1.807) is 26.4 Å². The van der Waals surface area contributed by atoms with E-state index in [9.17, 15) is 9.59 Å². The molecule has 0 bridgehead atoms. The predicted molar refractivity (Wildman–Crippen MR) is 118 cm³/mol. The molecular formula is C24H28O6. The summed E-state index contributed by atoms with van der Waals surface area (Å²) in [6, 6.07) is 10.9. The number of esters is 1. The molecule has 160 valence electrons. The molecule has 0 unspecified atom stereocenters. The Labute approximate surface area is 177 Å². The number of hydrogen-bond donors (Lipinski definition) is 1. The lowest BCUT2D eigenvalue weighted by molar-refractivity contribution is -0.136. The quantitative estimate of drug-likeness (QED) is 0.509. The van der Waals surface area contributed by atoms with Crippen LogP contribution >= 0.6 is 0 Å². The molecule has 0 spiro atoms. The molecule has 30 heavy (non-hydrogen) atoms. The van der Waals surface area contributed by atoms with Crippen molar-refractivity contribution in [2.45, 2.75) is 27.2 Å². The minimum absolute atomic E-state index is 0.0146. The van der Waals surface area contributed by atoms with Crippen molar-refractivity contribution in [1.82, 2.24) is 0 Å². The number of methoxy groups -OCH3 is 2. The number of rotatable bonds is 7. The Morgan fingerprint density at radius 3 is 1.87 bits per heavy atom. The van der Waals surface area contributed by atoms with Crippen molar-refractivity contribution in [2.75, 3.05) is 14.2 Å². The molecule has 0 heterocycles. The molecule has 2 rings (SSSR count). The molecule has 0 atom stereocenters. The van der Waals surface area contributed by atoms with Crippen LogP contribution in [0.1, 0.15) is 37.5 Å². The van der Waals surface area contributed by atoms with Crippen LogP contribution in [0.3, 0.4) is 0 Å². The van der Waals surface area contributed by atoms with Crippen molar-refractivity contribution in [3.05, 3.63) is 65.2 Å². The molecular weight excluding hydrogens is 384 g/mol. The first-order valence-electron chi connectivity index (χ1n) is 9.35. The average Bonchev–Trinajstić information content (AvgIpc) is 2.70. The normalized spacial score (nSPS) is 10.4. The molecule has 0 aromatic heterocycles. The minimum Gasteiger partial charge on any atom is -0.496 e. The van der Waals surface area contributed by atoms with Gasteiger partial charge in [-0.25, -0.2) is 0 Å². The lowest BCUT2D eigenvalue weighted by Gasteiger charge is -2.08. The summed E-state index contributed by atoms with van der Waals surface area (Å²) in [7, 11) is 3.09. The van der Waals surface area contributed by atoms with E-state index in [4.69, 9.17) is 19.3 Å². The molecule has 0 aliphatic rings. The molecule has 2 aromatic carbocycles. The molecule has 0 fully saturated rings. The summed E-state index contributed by atoms with van der Waals surface area (Å²) >= 11 is 0. The molecule has 6 heteroatoms. The van der Waals surface area contributed by atoms with Crippen molar-refractivity contribution in [3.63, 3.8) is 0 Å². The Kier molecular flexibility index (Phi) is 10.5. The Balaban J connectivity index is 0.000000300. The van der Waals surface area contributed by atoms with Gasteiger partial charge in [-0.05, 0) is 43.2 Å². The molecule has 0 saturated carbocycles. The Morgan fingerprint density at radius 2 is 1.40 bits per heavy atom. The van der Waals surface area contributed by atoms with E-state index in [0.29, 0.717) is 22.8 Å². The van der Waals surface area contributed by atoms with Crippen LogP contribution in [0.25, 0.3) is 12.2 Å². The first-order chi connectivity index (χ1) is 14.3. The number of aliphatic carboxylic acids is 1. The molecule has 1 N–H and O–H groups in total. The highest BCUT2D eigenvalue weighted by atomic mass is 16.6. The second-order valence-electron chi connectivity index (χ2n) is 6.15. The van der Waals surface area contributed by atoms with Crippen molar-refractivity contribution in [3.8, 4) is 17.2 Å². The van der Waals surface area contributed by atoms with Crippen LogP contribution in [0.4, 0.5) is 0 Å². The van der Waals surface area contributed by atoms with Crippen LogP contribution in [-0.4, -0.2) is 31.3 Å². The van der Waals surface area contributed by atoms with E-state index in [0.717, 1.165) is 11.1 Å². The zero-order valence-corrected chi connectivity index (χ0v) is 18.0. The maximum absolute atomic E-state index is 10.8. The van der Waals surface area contributed by atoms with Crippen molar-refractivity contribution >= 4 is 24.1 Å². The second kappa shape index (κ2) is 12.8. The third-order valence-electron chi connectivity index (χ3n) is 3.81. The van der Waals surface area contributed by atoms with Crippen molar-refractivity contribution < 1.29 is 28.9 Å². The van der Waals surface area contributed by atoms with Gasteiger partial charge in [0, 0.05) is 12.5 Å². The average molecular weight is 412 g/mol. The van der Waals surface area contributed by atoms with Crippen molar-refractivity contribution in [1.29, 1.82) is 0 Å². The van der Waals surface area contributed by atoms with Crippen LogP contribution in [0.5, 0.6) is 17.2 Å². The molecule has 0 radical (unpaired) electrons. The van der Waals surface area contributed by atoms with E-state index in [2.05, 4.69) is 0 Å². The summed E-state index contributed by atoms with van der Waals surface area (Å²) in [6.45, 7) is 5.23. The van der Waals surface area contributed by atoms with E-state index >= 15 is 0 Å².